The third-order valence-corrected chi connectivity index (χ3v) is 5.49. The van der Waals surface area contributed by atoms with Crippen molar-refractivity contribution in [2.45, 2.75) is 37.6 Å². The molecule has 5 heteroatoms. The van der Waals surface area contributed by atoms with Gasteiger partial charge in [-0.05, 0) is 18.1 Å². The molecule has 1 aromatic heterocycles. The van der Waals surface area contributed by atoms with Gasteiger partial charge in [-0.25, -0.2) is 0 Å². The summed E-state index contributed by atoms with van der Waals surface area (Å²) in [7, 11) is 0. The number of aryl methyl sites for hydroxylation is 1. The van der Waals surface area contributed by atoms with E-state index in [2.05, 4.69) is 41.2 Å². The number of hydrogen-bond acceptors (Lipinski definition) is 3. The highest BCUT2D eigenvalue weighted by Crippen LogP contribution is 2.36. The first kappa shape index (κ1) is 16.1. The Bertz CT molecular complexity index is 614. The maximum atomic E-state index is 12.7. The van der Waals surface area contributed by atoms with E-state index in [4.69, 9.17) is 0 Å². The molecule has 2 heterocycles. The van der Waals surface area contributed by atoms with Crippen LogP contribution in [0.3, 0.4) is 0 Å². The number of nitrogens with zero attached hydrogens (tertiary/aromatic N) is 3. The summed E-state index contributed by atoms with van der Waals surface area (Å²) in [6, 6.07) is 12.5. The lowest BCUT2D eigenvalue weighted by Crippen LogP contribution is -2.43. The summed E-state index contributed by atoms with van der Waals surface area (Å²) in [4.78, 5) is 14.8. The fourth-order valence-electron chi connectivity index (χ4n) is 3.17. The Hall–Kier alpha value is -1.75. The van der Waals surface area contributed by atoms with Gasteiger partial charge in [0, 0.05) is 42.9 Å². The molecule has 1 aliphatic heterocycles. The molecule has 1 amide bonds. The Labute approximate surface area is 141 Å². The largest absolute Gasteiger partial charge is 0.334 e. The molecule has 0 unspecified atom stereocenters. The van der Waals surface area contributed by atoms with Gasteiger partial charge in [-0.3, -0.25) is 9.48 Å². The molecule has 0 spiro atoms. The van der Waals surface area contributed by atoms with E-state index in [-0.39, 0.29) is 11.9 Å². The fraction of sp³-hybridized carbons (Fsp3) is 0.444. The first-order valence-electron chi connectivity index (χ1n) is 8.19. The van der Waals surface area contributed by atoms with Crippen LogP contribution in [0.5, 0.6) is 0 Å². The summed E-state index contributed by atoms with van der Waals surface area (Å²) < 4.78 is 1.89. The van der Waals surface area contributed by atoms with Crippen molar-refractivity contribution >= 4 is 17.7 Å². The number of rotatable bonds is 5. The van der Waals surface area contributed by atoms with Gasteiger partial charge in [0.1, 0.15) is 0 Å². The van der Waals surface area contributed by atoms with Crippen LogP contribution in [0.25, 0.3) is 0 Å². The number of benzene rings is 1. The van der Waals surface area contributed by atoms with E-state index in [0.29, 0.717) is 11.7 Å². The second-order valence-electron chi connectivity index (χ2n) is 5.89. The Morgan fingerprint density at radius 2 is 2.13 bits per heavy atom. The first-order chi connectivity index (χ1) is 11.3. The average molecular weight is 329 g/mol. The van der Waals surface area contributed by atoms with E-state index in [1.807, 2.05) is 34.8 Å². The maximum Gasteiger partial charge on any atom is 0.223 e. The van der Waals surface area contributed by atoms with Gasteiger partial charge >= 0.3 is 0 Å². The number of carbonyl (C=O) groups is 1. The molecule has 0 saturated carbocycles. The standard InChI is InChI=1S/C18H23N3OS/c1-15-18(16-7-3-2-4-8-16)21(13-14-23-15)17(22)9-5-11-20-12-6-10-19-20/h2-4,6-8,10,12,15,18H,5,9,11,13-14H2,1H3/t15-,18+/m0/s1. The van der Waals surface area contributed by atoms with Gasteiger partial charge in [0.15, 0.2) is 0 Å². The lowest BCUT2D eigenvalue weighted by molar-refractivity contribution is -0.133. The van der Waals surface area contributed by atoms with Crippen LogP contribution in [0.1, 0.15) is 31.4 Å². The number of thioether (sulfide) groups is 1. The summed E-state index contributed by atoms with van der Waals surface area (Å²) in [5.41, 5.74) is 1.24. The Kier molecular flexibility index (Phi) is 5.39. The molecule has 122 valence electrons. The van der Waals surface area contributed by atoms with E-state index in [9.17, 15) is 4.79 Å². The molecule has 0 bridgehead atoms. The highest BCUT2D eigenvalue weighted by atomic mass is 32.2. The van der Waals surface area contributed by atoms with Crippen LogP contribution < -0.4 is 0 Å². The molecule has 0 radical (unpaired) electrons. The normalized spacial score (nSPS) is 21.3. The minimum absolute atomic E-state index is 0.187. The summed E-state index contributed by atoms with van der Waals surface area (Å²) in [6.45, 7) is 3.87. The topological polar surface area (TPSA) is 38.1 Å². The molecular formula is C18H23N3OS. The smallest absolute Gasteiger partial charge is 0.223 e. The third-order valence-electron chi connectivity index (χ3n) is 4.29. The highest BCUT2D eigenvalue weighted by Gasteiger charge is 2.32. The molecular weight excluding hydrogens is 306 g/mol. The number of aromatic nitrogens is 2. The number of carbonyl (C=O) groups excluding carboxylic acids is 1. The van der Waals surface area contributed by atoms with Gasteiger partial charge in [0.25, 0.3) is 0 Å². The first-order valence-corrected chi connectivity index (χ1v) is 9.24. The van der Waals surface area contributed by atoms with Crippen molar-refractivity contribution in [2.24, 2.45) is 0 Å². The van der Waals surface area contributed by atoms with Gasteiger partial charge in [-0.15, -0.1) is 0 Å². The Balaban J connectivity index is 1.64. The van der Waals surface area contributed by atoms with Crippen molar-refractivity contribution < 1.29 is 4.79 Å². The molecule has 2 atom stereocenters. The van der Waals surface area contributed by atoms with Crippen LogP contribution in [-0.2, 0) is 11.3 Å². The molecule has 1 fully saturated rings. The molecule has 2 aromatic rings. The van der Waals surface area contributed by atoms with Crippen molar-refractivity contribution in [1.29, 1.82) is 0 Å². The average Bonchev–Trinajstić information content (AvgIpc) is 3.08. The summed E-state index contributed by atoms with van der Waals surface area (Å²) >= 11 is 1.96. The van der Waals surface area contributed by atoms with Gasteiger partial charge in [-0.2, -0.15) is 16.9 Å². The number of amides is 1. The maximum absolute atomic E-state index is 12.7. The zero-order valence-corrected chi connectivity index (χ0v) is 14.3. The van der Waals surface area contributed by atoms with E-state index >= 15 is 0 Å². The molecule has 4 nitrogen and oxygen atoms in total. The Morgan fingerprint density at radius 1 is 1.30 bits per heavy atom. The summed E-state index contributed by atoms with van der Waals surface area (Å²) in [6.07, 6.45) is 5.13. The molecule has 1 aliphatic rings. The van der Waals surface area contributed by atoms with Crippen molar-refractivity contribution in [3.63, 3.8) is 0 Å². The van der Waals surface area contributed by atoms with Crippen LogP contribution in [0.2, 0.25) is 0 Å². The monoisotopic (exact) mass is 329 g/mol. The third kappa shape index (κ3) is 3.96. The lowest BCUT2D eigenvalue weighted by atomic mass is 10.0. The molecule has 1 aromatic carbocycles. The molecule has 23 heavy (non-hydrogen) atoms. The lowest BCUT2D eigenvalue weighted by Gasteiger charge is -2.40. The van der Waals surface area contributed by atoms with Gasteiger partial charge in [0.2, 0.25) is 5.91 Å². The predicted molar refractivity (Wildman–Crippen MR) is 94.3 cm³/mol. The summed E-state index contributed by atoms with van der Waals surface area (Å²) in [5.74, 6) is 1.29. The van der Waals surface area contributed by atoms with E-state index in [1.54, 1.807) is 6.20 Å². The van der Waals surface area contributed by atoms with Crippen molar-refractivity contribution in [3.8, 4) is 0 Å². The fourth-order valence-corrected chi connectivity index (χ4v) is 4.33. The molecule has 0 N–H and O–H groups in total. The second-order valence-corrected chi connectivity index (χ2v) is 7.38. The molecule has 0 aliphatic carbocycles. The van der Waals surface area contributed by atoms with Crippen LogP contribution in [0.4, 0.5) is 0 Å². The minimum Gasteiger partial charge on any atom is -0.334 e. The second kappa shape index (κ2) is 7.68. The van der Waals surface area contributed by atoms with Gasteiger partial charge < -0.3 is 4.90 Å². The van der Waals surface area contributed by atoms with Crippen molar-refractivity contribution in [3.05, 3.63) is 54.4 Å². The Morgan fingerprint density at radius 3 is 2.87 bits per heavy atom. The van der Waals surface area contributed by atoms with Crippen molar-refractivity contribution in [1.82, 2.24) is 14.7 Å². The quantitative estimate of drug-likeness (QED) is 0.844. The van der Waals surface area contributed by atoms with Crippen LogP contribution in [0.15, 0.2) is 48.8 Å². The van der Waals surface area contributed by atoms with Crippen molar-refractivity contribution in [2.75, 3.05) is 12.3 Å². The van der Waals surface area contributed by atoms with Crippen LogP contribution in [0, 0.1) is 0 Å². The SMILES string of the molecule is C[C@@H]1SCCN(C(=O)CCCn2cccn2)[C@H]1c1ccccc1. The van der Waals surface area contributed by atoms with E-state index in [1.165, 1.54) is 5.56 Å². The zero-order chi connectivity index (χ0) is 16.1. The van der Waals surface area contributed by atoms with E-state index in [0.717, 1.165) is 25.3 Å². The van der Waals surface area contributed by atoms with Gasteiger partial charge in [0.05, 0.1) is 6.04 Å². The number of hydrogen-bond donors (Lipinski definition) is 0. The zero-order valence-electron chi connectivity index (χ0n) is 13.5. The predicted octanol–water partition coefficient (Wildman–Crippen LogP) is 3.37. The minimum atomic E-state index is 0.187. The van der Waals surface area contributed by atoms with Crippen LogP contribution in [-0.4, -0.2) is 38.1 Å². The van der Waals surface area contributed by atoms with E-state index < -0.39 is 0 Å². The van der Waals surface area contributed by atoms with Gasteiger partial charge in [-0.1, -0.05) is 37.3 Å². The summed E-state index contributed by atoms with van der Waals surface area (Å²) in [5, 5.41) is 4.62. The molecule has 3 rings (SSSR count). The highest BCUT2D eigenvalue weighted by molar-refractivity contribution is 8.00. The van der Waals surface area contributed by atoms with Crippen LogP contribution >= 0.6 is 11.8 Å². The molecule has 1 saturated heterocycles.